The van der Waals surface area contributed by atoms with Gasteiger partial charge in [0.15, 0.2) is 11.9 Å². The van der Waals surface area contributed by atoms with Gasteiger partial charge < -0.3 is 19.3 Å². The summed E-state index contributed by atoms with van der Waals surface area (Å²) in [4.78, 5) is 12.2. The number of aryl methyl sites for hydroxylation is 1. The Morgan fingerprint density at radius 3 is 2.52 bits per heavy atom. The summed E-state index contributed by atoms with van der Waals surface area (Å²) in [6, 6.07) is 8.90. The molecule has 1 aromatic heterocycles. The van der Waals surface area contributed by atoms with Gasteiger partial charge in [-0.05, 0) is 44.0 Å². The van der Waals surface area contributed by atoms with Gasteiger partial charge in [0.2, 0.25) is 0 Å². The summed E-state index contributed by atoms with van der Waals surface area (Å²) in [5.74, 6) is 2.17. The molecule has 6 nitrogen and oxygen atoms in total. The third kappa shape index (κ3) is 5.02. The van der Waals surface area contributed by atoms with Crippen LogP contribution in [0.25, 0.3) is 0 Å². The number of nitrogens with zero attached hydrogens (tertiary/aromatic N) is 1. The second-order valence-electron chi connectivity index (χ2n) is 5.15. The minimum Gasteiger partial charge on any atom is -0.494 e. The number of hydrogen-bond donors (Lipinski definition) is 1. The van der Waals surface area contributed by atoms with Crippen LogP contribution >= 0.6 is 0 Å². The average Bonchev–Trinajstić information content (AvgIpc) is 2.96. The fourth-order valence-electron chi connectivity index (χ4n) is 1.95. The van der Waals surface area contributed by atoms with Crippen molar-refractivity contribution < 1.29 is 18.8 Å². The largest absolute Gasteiger partial charge is 0.494 e. The fourth-order valence-corrected chi connectivity index (χ4v) is 1.95. The molecule has 0 aliphatic rings. The normalized spacial score (nSPS) is 11.8. The summed E-state index contributed by atoms with van der Waals surface area (Å²) in [5.41, 5.74) is 0. The van der Waals surface area contributed by atoms with Crippen molar-refractivity contribution in [3.05, 3.63) is 36.1 Å². The smallest absolute Gasteiger partial charge is 0.266 e. The maximum atomic E-state index is 12.2. The topological polar surface area (TPSA) is 73.6 Å². The maximum Gasteiger partial charge on any atom is 0.266 e. The molecule has 0 bridgehead atoms. The number of nitrogens with one attached hydrogen (secondary N) is 1. The van der Waals surface area contributed by atoms with E-state index in [9.17, 15) is 4.79 Å². The van der Waals surface area contributed by atoms with Gasteiger partial charge in [0.25, 0.3) is 5.91 Å². The first kappa shape index (κ1) is 16.9. The van der Waals surface area contributed by atoms with Crippen molar-refractivity contribution >= 4 is 11.7 Å². The Kier molecular flexibility index (Phi) is 6.02. The average molecular weight is 318 g/mol. The van der Waals surface area contributed by atoms with Gasteiger partial charge in [-0.25, -0.2) is 0 Å². The lowest BCUT2D eigenvalue weighted by Crippen LogP contribution is -2.32. The lowest BCUT2D eigenvalue weighted by molar-refractivity contribution is -0.122. The van der Waals surface area contributed by atoms with E-state index >= 15 is 0 Å². The monoisotopic (exact) mass is 318 g/mol. The van der Waals surface area contributed by atoms with Crippen LogP contribution in [0.2, 0.25) is 0 Å². The summed E-state index contributed by atoms with van der Waals surface area (Å²) in [7, 11) is 0. The lowest BCUT2D eigenvalue weighted by atomic mass is 10.2. The molecule has 0 spiro atoms. The third-order valence-corrected chi connectivity index (χ3v) is 3.12. The quantitative estimate of drug-likeness (QED) is 0.805. The number of hydrogen-bond acceptors (Lipinski definition) is 5. The van der Waals surface area contributed by atoms with Crippen molar-refractivity contribution in [3.8, 4) is 11.5 Å². The molecule has 1 atom stereocenters. The summed E-state index contributed by atoms with van der Waals surface area (Å²) >= 11 is 0. The molecule has 23 heavy (non-hydrogen) atoms. The molecule has 0 saturated heterocycles. The van der Waals surface area contributed by atoms with Crippen LogP contribution in [0, 0.1) is 6.92 Å². The molecule has 1 amide bonds. The van der Waals surface area contributed by atoms with Crippen LogP contribution in [0.15, 0.2) is 34.9 Å². The fraction of sp³-hybridized carbons (Fsp3) is 0.412. The number of aromatic nitrogens is 1. The van der Waals surface area contributed by atoms with E-state index in [2.05, 4.69) is 17.4 Å². The second kappa shape index (κ2) is 8.22. The molecule has 0 aliphatic heterocycles. The minimum absolute atomic E-state index is 0.257. The van der Waals surface area contributed by atoms with Crippen molar-refractivity contribution in [1.29, 1.82) is 0 Å². The second-order valence-corrected chi connectivity index (χ2v) is 5.15. The number of carbonyl (C=O) groups is 1. The Hall–Kier alpha value is -2.50. The molecule has 0 fully saturated rings. The molecular formula is C17H22N2O4. The zero-order valence-corrected chi connectivity index (χ0v) is 13.7. The Bertz CT molecular complexity index is 622. The van der Waals surface area contributed by atoms with Gasteiger partial charge in [0.1, 0.15) is 17.3 Å². The highest BCUT2D eigenvalue weighted by atomic mass is 16.5. The Balaban J connectivity index is 1.94. The van der Waals surface area contributed by atoms with Gasteiger partial charge >= 0.3 is 0 Å². The van der Waals surface area contributed by atoms with Crippen molar-refractivity contribution in [2.75, 3.05) is 11.9 Å². The van der Waals surface area contributed by atoms with Gasteiger partial charge in [-0.2, -0.15) is 0 Å². The molecule has 1 N–H and O–H groups in total. The van der Waals surface area contributed by atoms with Crippen molar-refractivity contribution in [2.45, 2.75) is 39.7 Å². The third-order valence-electron chi connectivity index (χ3n) is 3.12. The van der Waals surface area contributed by atoms with E-state index in [0.717, 1.165) is 12.2 Å². The van der Waals surface area contributed by atoms with Crippen LogP contribution in [0.1, 0.15) is 32.4 Å². The number of benzene rings is 1. The first-order chi connectivity index (χ1) is 11.1. The minimum atomic E-state index is -0.602. The molecule has 2 rings (SSSR count). The van der Waals surface area contributed by atoms with Gasteiger partial charge in [0.05, 0.1) is 6.61 Å². The highest BCUT2D eigenvalue weighted by Gasteiger charge is 2.19. The van der Waals surface area contributed by atoms with Crippen LogP contribution in [0.5, 0.6) is 11.5 Å². The number of amides is 1. The molecule has 6 heteroatoms. The van der Waals surface area contributed by atoms with E-state index < -0.39 is 6.10 Å². The Labute approximate surface area is 135 Å². The predicted octanol–water partition coefficient (Wildman–Crippen LogP) is 3.57. The first-order valence-corrected chi connectivity index (χ1v) is 7.76. The van der Waals surface area contributed by atoms with Crippen LogP contribution < -0.4 is 14.8 Å². The lowest BCUT2D eigenvalue weighted by Gasteiger charge is -2.16. The Morgan fingerprint density at radius 1 is 1.26 bits per heavy atom. The van der Waals surface area contributed by atoms with Crippen molar-refractivity contribution in [1.82, 2.24) is 5.16 Å². The van der Waals surface area contributed by atoms with E-state index in [1.165, 1.54) is 0 Å². The zero-order valence-electron chi connectivity index (χ0n) is 13.7. The Morgan fingerprint density at radius 2 is 1.96 bits per heavy atom. The van der Waals surface area contributed by atoms with E-state index in [1.807, 2.05) is 19.1 Å². The SMILES string of the molecule is CCCOc1ccc(OC(CC)C(=O)Nc2cc(C)on2)cc1. The van der Waals surface area contributed by atoms with Crippen molar-refractivity contribution in [2.24, 2.45) is 0 Å². The molecular weight excluding hydrogens is 296 g/mol. The highest BCUT2D eigenvalue weighted by molar-refractivity contribution is 5.93. The molecule has 1 heterocycles. The predicted molar refractivity (Wildman–Crippen MR) is 86.8 cm³/mol. The van der Waals surface area contributed by atoms with Crippen LogP contribution in [0.3, 0.4) is 0 Å². The van der Waals surface area contributed by atoms with E-state index in [4.69, 9.17) is 14.0 Å². The van der Waals surface area contributed by atoms with E-state index in [-0.39, 0.29) is 5.91 Å². The highest BCUT2D eigenvalue weighted by Crippen LogP contribution is 2.20. The van der Waals surface area contributed by atoms with Gasteiger partial charge in [-0.15, -0.1) is 0 Å². The number of anilines is 1. The number of carbonyl (C=O) groups excluding carboxylic acids is 1. The zero-order chi connectivity index (χ0) is 16.7. The number of rotatable bonds is 8. The van der Waals surface area contributed by atoms with Crippen LogP contribution in [-0.4, -0.2) is 23.8 Å². The molecule has 124 valence electrons. The van der Waals surface area contributed by atoms with E-state index in [0.29, 0.717) is 30.4 Å². The van der Waals surface area contributed by atoms with Gasteiger partial charge in [-0.3, -0.25) is 4.79 Å². The number of ether oxygens (including phenoxy) is 2. The molecule has 1 unspecified atom stereocenters. The van der Waals surface area contributed by atoms with Crippen LogP contribution in [0.4, 0.5) is 5.82 Å². The summed E-state index contributed by atoms with van der Waals surface area (Å²) in [6.07, 6.45) is 0.892. The summed E-state index contributed by atoms with van der Waals surface area (Å²) in [6.45, 7) is 6.38. The van der Waals surface area contributed by atoms with E-state index in [1.54, 1.807) is 25.1 Å². The molecule has 2 aromatic rings. The molecule has 1 aromatic carbocycles. The standard InChI is InChI=1S/C17H22N2O4/c1-4-10-21-13-6-8-14(9-7-13)22-15(5-2)17(20)18-16-11-12(3)23-19-16/h6-9,11,15H,4-5,10H2,1-3H3,(H,18,19,20). The summed E-state index contributed by atoms with van der Waals surface area (Å²) < 4.78 is 16.2. The maximum absolute atomic E-state index is 12.2. The van der Waals surface area contributed by atoms with Crippen molar-refractivity contribution in [3.63, 3.8) is 0 Å². The molecule has 0 radical (unpaired) electrons. The van der Waals surface area contributed by atoms with Gasteiger partial charge in [0, 0.05) is 6.07 Å². The van der Waals surface area contributed by atoms with Crippen LogP contribution in [-0.2, 0) is 4.79 Å². The summed E-state index contributed by atoms with van der Waals surface area (Å²) in [5, 5.41) is 6.42. The van der Waals surface area contributed by atoms with Gasteiger partial charge in [-0.1, -0.05) is 19.0 Å². The molecule has 0 saturated carbocycles. The first-order valence-electron chi connectivity index (χ1n) is 7.76. The molecule has 0 aliphatic carbocycles.